The Balaban J connectivity index is 1.72. The van der Waals surface area contributed by atoms with Crippen molar-refractivity contribution in [2.75, 3.05) is 17.5 Å². The zero-order valence-corrected chi connectivity index (χ0v) is 18.6. The predicted molar refractivity (Wildman–Crippen MR) is 124 cm³/mol. The van der Waals surface area contributed by atoms with Crippen LogP contribution in [0.3, 0.4) is 0 Å². The lowest BCUT2D eigenvalue weighted by Gasteiger charge is -2.24. The molecule has 0 aromatic heterocycles. The highest BCUT2D eigenvalue weighted by atomic mass is 32.2. The van der Waals surface area contributed by atoms with E-state index < -0.39 is 34.2 Å². The highest BCUT2D eigenvalue weighted by Gasteiger charge is 2.28. The molecule has 0 radical (unpaired) electrons. The molecule has 34 heavy (non-hydrogen) atoms. The third kappa shape index (κ3) is 6.39. The Labute approximate surface area is 195 Å². The third-order valence-corrected chi connectivity index (χ3v) is 6.18. The molecule has 0 aliphatic rings. The molecule has 9 nitrogen and oxygen atoms in total. The van der Waals surface area contributed by atoms with Crippen LogP contribution in [0.5, 0.6) is 5.75 Å². The molecule has 0 saturated carbocycles. The Morgan fingerprint density at radius 3 is 2.29 bits per heavy atom. The van der Waals surface area contributed by atoms with Crippen LogP contribution in [0.1, 0.15) is 5.56 Å². The molecule has 0 unspecified atom stereocenters. The topological polar surface area (TPSA) is 131 Å². The van der Waals surface area contributed by atoms with Crippen molar-refractivity contribution in [1.29, 1.82) is 0 Å². The van der Waals surface area contributed by atoms with E-state index in [0.717, 1.165) is 6.07 Å². The first-order valence-corrected chi connectivity index (χ1v) is 11.4. The first-order valence-electron chi connectivity index (χ1n) is 9.93. The van der Waals surface area contributed by atoms with Crippen molar-refractivity contribution in [3.05, 3.63) is 90.2 Å². The van der Waals surface area contributed by atoms with Crippen molar-refractivity contribution >= 4 is 33.7 Å². The second-order valence-electron chi connectivity index (χ2n) is 6.89. The molecule has 0 bridgehead atoms. The minimum absolute atomic E-state index is 0.0896. The summed E-state index contributed by atoms with van der Waals surface area (Å²) in [5, 5.41) is 3.81. The highest BCUT2D eigenvalue weighted by molar-refractivity contribution is 7.92. The maximum atomic E-state index is 14.4. The normalized spacial score (nSPS) is 11.2. The number of hydrogen-bond acceptors (Lipinski definition) is 6. The number of hydrogen-bond donors (Lipinski definition) is 2. The molecule has 2 amide bonds. The van der Waals surface area contributed by atoms with Gasteiger partial charge in [-0.25, -0.2) is 18.2 Å². The number of nitrogens with one attached hydrogen (secondary N) is 1. The van der Waals surface area contributed by atoms with Gasteiger partial charge in [0.05, 0.1) is 16.8 Å². The summed E-state index contributed by atoms with van der Waals surface area (Å²) in [4.78, 5) is 23.1. The number of amides is 2. The number of nitrogens with zero attached hydrogens (tertiary/aromatic N) is 2. The Morgan fingerprint density at radius 2 is 1.65 bits per heavy atom. The van der Waals surface area contributed by atoms with Gasteiger partial charge in [-0.05, 0) is 54.1 Å². The lowest BCUT2D eigenvalue weighted by atomic mass is 10.2. The summed E-state index contributed by atoms with van der Waals surface area (Å²) in [7, 11) is -4.23. The van der Waals surface area contributed by atoms with Crippen LogP contribution in [0, 0.1) is 5.82 Å². The van der Waals surface area contributed by atoms with Gasteiger partial charge < -0.3 is 10.5 Å². The summed E-state index contributed by atoms with van der Waals surface area (Å²) in [6.07, 6.45) is 1.33. The summed E-state index contributed by atoms with van der Waals surface area (Å²) in [6, 6.07) is 19.1. The summed E-state index contributed by atoms with van der Waals surface area (Å²) >= 11 is 0. The van der Waals surface area contributed by atoms with Gasteiger partial charge in [0.1, 0.15) is 18.1 Å². The number of hydrazone groups is 1. The van der Waals surface area contributed by atoms with E-state index in [2.05, 4.69) is 10.5 Å². The van der Waals surface area contributed by atoms with Crippen LogP contribution in [0.25, 0.3) is 0 Å². The summed E-state index contributed by atoms with van der Waals surface area (Å²) in [5.41, 5.74) is 7.58. The van der Waals surface area contributed by atoms with Crippen molar-refractivity contribution in [2.24, 2.45) is 10.8 Å². The largest absolute Gasteiger partial charge is 0.484 e. The molecular weight excluding hydrogens is 463 g/mol. The summed E-state index contributed by atoms with van der Waals surface area (Å²) < 4.78 is 46.6. The summed E-state index contributed by atoms with van der Waals surface area (Å²) in [6.45, 7) is -0.955. The number of carbonyl (C=O) groups is 2. The molecular formula is C23H21FN4O5S. The summed E-state index contributed by atoms with van der Waals surface area (Å²) in [5.74, 6) is -1.75. The van der Waals surface area contributed by atoms with Crippen LogP contribution >= 0.6 is 0 Å². The first kappa shape index (κ1) is 24.4. The molecule has 0 aliphatic heterocycles. The molecule has 3 aromatic rings. The molecule has 3 rings (SSSR count). The Bertz CT molecular complexity index is 1280. The van der Waals surface area contributed by atoms with Gasteiger partial charge in [-0.2, -0.15) is 5.10 Å². The van der Waals surface area contributed by atoms with Crippen molar-refractivity contribution in [1.82, 2.24) is 5.43 Å². The molecule has 0 saturated heterocycles. The number of anilines is 1. The smallest absolute Gasteiger partial charge is 0.264 e. The molecule has 0 heterocycles. The van der Waals surface area contributed by atoms with Gasteiger partial charge in [0.2, 0.25) is 0 Å². The number of carbonyl (C=O) groups excluding carboxylic acids is 2. The maximum Gasteiger partial charge on any atom is 0.264 e. The zero-order chi connectivity index (χ0) is 24.6. The molecule has 0 spiro atoms. The van der Waals surface area contributed by atoms with Crippen molar-refractivity contribution in [3.8, 4) is 5.75 Å². The predicted octanol–water partition coefficient (Wildman–Crippen LogP) is 2.04. The van der Waals surface area contributed by atoms with Gasteiger partial charge in [-0.1, -0.05) is 30.3 Å². The molecule has 3 N–H and O–H groups in total. The maximum absolute atomic E-state index is 14.4. The van der Waals surface area contributed by atoms with E-state index in [-0.39, 0.29) is 17.2 Å². The fraction of sp³-hybridized carbons (Fsp3) is 0.0870. The fourth-order valence-corrected chi connectivity index (χ4v) is 4.27. The second kappa shape index (κ2) is 11.1. The quantitative estimate of drug-likeness (QED) is 0.336. The molecule has 0 aliphatic carbocycles. The number of nitrogens with two attached hydrogens (primary N) is 1. The molecule has 0 atom stereocenters. The Morgan fingerprint density at radius 1 is 1.00 bits per heavy atom. The van der Waals surface area contributed by atoms with Gasteiger partial charge in [0, 0.05) is 0 Å². The monoisotopic (exact) mass is 484 g/mol. The molecule has 11 heteroatoms. The van der Waals surface area contributed by atoms with Crippen LogP contribution in [0.2, 0.25) is 0 Å². The number of ether oxygens (including phenoxy) is 1. The van der Waals surface area contributed by atoms with Crippen molar-refractivity contribution in [3.63, 3.8) is 0 Å². The number of primary amides is 1. The Kier molecular flexibility index (Phi) is 7.93. The van der Waals surface area contributed by atoms with E-state index in [0.29, 0.717) is 15.6 Å². The minimum atomic E-state index is -4.23. The van der Waals surface area contributed by atoms with Crippen LogP contribution in [0.15, 0.2) is 88.9 Å². The number of sulfonamides is 1. The average Bonchev–Trinajstić information content (AvgIpc) is 2.83. The minimum Gasteiger partial charge on any atom is -0.484 e. The molecule has 176 valence electrons. The number of benzene rings is 3. The third-order valence-electron chi connectivity index (χ3n) is 4.40. The van der Waals surface area contributed by atoms with Crippen LogP contribution in [-0.2, 0) is 19.6 Å². The van der Waals surface area contributed by atoms with E-state index in [4.69, 9.17) is 10.5 Å². The van der Waals surface area contributed by atoms with Crippen molar-refractivity contribution in [2.45, 2.75) is 4.90 Å². The van der Waals surface area contributed by atoms with E-state index in [1.807, 2.05) is 0 Å². The van der Waals surface area contributed by atoms with Crippen LogP contribution < -0.4 is 20.2 Å². The lowest BCUT2D eigenvalue weighted by Crippen LogP contribution is -2.40. The van der Waals surface area contributed by atoms with Crippen molar-refractivity contribution < 1.29 is 27.1 Å². The lowest BCUT2D eigenvalue weighted by molar-refractivity contribution is -0.120. The average molecular weight is 485 g/mol. The zero-order valence-electron chi connectivity index (χ0n) is 17.8. The van der Waals surface area contributed by atoms with Gasteiger partial charge in [-0.3, -0.25) is 13.9 Å². The van der Waals surface area contributed by atoms with Gasteiger partial charge in [0.15, 0.2) is 6.61 Å². The van der Waals surface area contributed by atoms with E-state index in [1.54, 1.807) is 30.3 Å². The molecule has 3 aromatic carbocycles. The van der Waals surface area contributed by atoms with Crippen LogP contribution in [-0.4, -0.2) is 39.6 Å². The van der Waals surface area contributed by atoms with E-state index in [9.17, 15) is 22.4 Å². The van der Waals surface area contributed by atoms with Gasteiger partial charge >= 0.3 is 0 Å². The standard InChI is InChI=1S/C23H21FN4O5S/c24-20-8-4-5-9-21(20)28(34(31,32)19-6-2-1-3-7-19)15-23(30)27-26-14-17-10-12-18(13-11-17)33-16-22(25)29/h1-14H,15-16H2,(H2,25,29)(H,27,30)/b26-14-. The number of rotatable bonds is 10. The number of para-hydroxylation sites is 1. The number of halogens is 1. The molecule has 0 fully saturated rings. The SMILES string of the molecule is NC(=O)COc1ccc(/C=N\NC(=O)CN(c2ccccc2F)S(=O)(=O)c2ccccc2)cc1. The van der Waals surface area contributed by atoms with E-state index >= 15 is 0 Å². The Hall–Kier alpha value is -4.25. The van der Waals surface area contributed by atoms with E-state index in [1.165, 1.54) is 48.7 Å². The first-order chi connectivity index (χ1) is 16.3. The second-order valence-corrected chi connectivity index (χ2v) is 8.76. The van der Waals surface area contributed by atoms with Gasteiger partial charge in [-0.15, -0.1) is 0 Å². The highest BCUT2D eigenvalue weighted by Crippen LogP contribution is 2.25. The fourth-order valence-electron chi connectivity index (χ4n) is 2.82. The van der Waals surface area contributed by atoms with Crippen LogP contribution in [0.4, 0.5) is 10.1 Å². The van der Waals surface area contributed by atoms with Gasteiger partial charge in [0.25, 0.3) is 21.8 Å².